The number of thioether (sulfide) groups is 1. The maximum absolute atomic E-state index is 12.4. The van der Waals surface area contributed by atoms with Crippen molar-refractivity contribution in [3.05, 3.63) is 102 Å². The van der Waals surface area contributed by atoms with Crippen LogP contribution in [-0.4, -0.2) is 36.7 Å². The molecule has 0 aliphatic rings. The zero-order valence-electron chi connectivity index (χ0n) is 18.1. The number of hydrogen-bond acceptors (Lipinski definition) is 5. The quantitative estimate of drug-likeness (QED) is 0.334. The molecule has 33 heavy (non-hydrogen) atoms. The van der Waals surface area contributed by atoms with Crippen molar-refractivity contribution in [3.8, 4) is 0 Å². The number of primary amides is 1. The highest BCUT2D eigenvalue weighted by molar-refractivity contribution is 8.00. The summed E-state index contributed by atoms with van der Waals surface area (Å²) in [7, 11) is 0. The van der Waals surface area contributed by atoms with Gasteiger partial charge in [-0.05, 0) is 29.7 Å². The van der Waals surface area contributed by atoms with E-state index in [9.17, 15) is 14.4 Å². The van der Waals surface area contributed by atoms with Gasteiger partial charge in [-0.1, -0.05) is 72.8 Å². The molecule has 0 unspecified atom stereocenters. The lowest BCUT2D eigenvalue weighted by atomic mass is 9.88. The van der Waals surface area contributed by atoms with Crippen LogP contribution in [0.5, 0.6) is 0 Å². The lowest BCUT2D eigenvalue weighted by Gasteiger charge is -2.18. The van der Waals surface area contributed by atoms with E-state index < -0.39 is 11.9 Å². The number of nitrogens with one attached hydrogen (secondary N) is 1. The minimum atomic E-state index is -0.621. The van der Waals surface area contributed by atoms with E-state index in [0.717, 1.165) is 11.8 Å². The predicted octanol–water partition coefficient (Wildman–Crippen LogP) is 3.76. The van der Waals surface area contributed by atoms with Crippen LogP contribution in [0, 0.1) is 0 Å². The van der Waals surface area contributed by atoms with Gasteiger partial charge in [0.05, 0.1) is 11.3 Å². The van der Waals surface area contributed by atoms with Crippen LogP contribution in [0.1, 0.15) is 33.8 Å². The first kappa shape index (κ1) is 24.1. The summed E-state index contributed by atoms with van der Waals surface area (Å²) in [5, 5.41) is 2.83. The first-order valence-corrected chi connectivity index (χ1v) is 11.6. The second-order valence-electron chi connectivity index (χ2n) is 7.34. The van der Waals surface area contributed by atoms with Gasteiger partial charge < -0.3 is 15.8 Å². The number of amides is 2. The molecule has 7 heteroatoms. The van der Waals surface area contributed by atoms with Crippen LogP contribution in [0.2, 0.25) is 0 Å². The van der Waals surface area contributed by atoms with E-state index in [4.69, 9.17) is 10.5 Å². The Kier molecular flexibility index (Phi) is 9.08. The molecule has 0 aliphatic carbocycles. The summed E-state index contributed by atoms with van der Waals surface area (Å²) >= 11 is 1.15. The van der Waals surface area contributed by atoms with Gasteiger partial charge in [-0.3, -0.25) is 9.59 Å². The van der Waals surface area contributed by atoms with Gasteiger partial charge in [0.1, 0.15) is 0 Å². The molecular weight excluding hydrogens is 436 g/mol. The van der Waals surface area contributed by atoms with Crippen molar-refractivity contribution in [1.82, 2.24) is 5.32 Å². The third-order valence-electron chi connectivity index (χ3n) is 4.97. The Bertz CT molecular complexity index is 1030. The van der Waals surface area contributed by atoms with Crippen LogP contribution >= 0.6 is 11.8 Å². The largest absolute Gasteiger partial charge is 0.452 e. The van der Waals surface area contributed by atoms with Crippen LogP contribution in [0.15, 0.2) is 89.8 Å². The van der Waals surface area contributed by atoms with E-state index in [1.807, 2.05) is 36.4 Å². The highest BCUT2D eigenvalue weighted by Gasteiger charge is 2.17. The molecule has 0 aliphatic heterocycles. The molecule has 6 nitrogen and oxygen atoms in total. The first-order chi connectivity index (χ1) is 16.0. The fraction of sp³-hybridized carbons (Fsp3) is 0.192. The van der Waals surface area contributed by atoms with Gasteiger partial charge >= 0.3 is 5.97 Å². The monoisotopic (exact) mass is 462 g/mol. The van der Waals surface area contributed by atoms with E-state index in [2.05, 4.69) is 29.6 Å². The molecule has 0 fully saturated rings. The molecule has 3 aromatic carbocycles. The van der Waals surface area contributed by atoms with Crippen LogP contribution in [0.25, 0.3) is 0 Å². The zero-order valence-corrected chi connectivity index (χ0v) is 18.9. The molecule has 0 aromatic heterocycles. The van der Waals surface area contributed by atoms with Crippen molar-refractivity contribution in [1.29, 1.82) is 0 Å². The minimum Gasteiger partial charge on any atom is -0.452 e. The average molecular weight is 463 g/mol. The molecule has 3 aromatic rings. The molecule has 0 spiro atoms. The average Bonchev–Trinajstić information content (AvgIpc) is 2.85. The Labute approximate surface area is 197 Å². The topological polar surface area (TPSA) is 98.5 Å². The standard InChI is InChI=1S/C26H26N2O4S/c27-24(29)18-33-23-14-8-7-13-22(23)26(31)32-17-25(30)28-16-15-21(19-9-3-1-4-10-19)20-11-5-2-6-12-20/h1-14,21H,15-18H2,(H2,27,29)(H,28,30). The molecule has 0 saturated heterocycles. The molecular formula is C26H26N2O4S. The highest BCUT2D eigenvalue weighted by Crippen LogP contribution is 2.27. The molecule has 2 amide bonds. The Morgan fingerprint density at radius 2 is 1.42 bits per heavy atom. The van der Waals surface area contributed by atoms with Crippen LogP contribution < -0.4 is 11.1 Å². The predicted molar refractivity (Wildman–Crippen MR) is 129 cm³/mol. The summed E-state index contributed by atoms with van der Waals surface area (Å²) in [4.78, 5) is 36.3. The van der Waals surface area contributed by atoms with Gasteiger partial charge in [-0.15, -0.1) is 11.8 Å². The van der Waals surface area contributed by atoms with E-state index in [1.54, 1.807) is 24.3 Å². The van der Waals surface area contributed by atoms with Crippen molar-refractivity contribution < 1.29 is 19.1 Å². The second-order valence-corrected chi connectivity index (χ2v) is 8.36. The van der Waals surface area contributed by atoms with Crippen molar-refractivity contribution in [3.63, 3.8) is 0 Å². The number of hydrogen-bond donors (Lipinski definition) is 2. The van der Waals surface area contributed by atoms with Crippen LogP contribution in [0.3, 0.4) is 0 Å². The van der Waals surface area contributed by atoms with Gasteiger partial charge in [-0.2, -0.15) is 0 Å². The summed E-state index contributed by atoms with van der Waals surface area (Å²) in [6.07, 6.45) is 0.709. The summed E-state index contributed by atoms with van der Waals surface area (Å²) in [6.45, 7) is 0.0604. The van der Waals surface area contributed by atoms with Crippen molar-refractivity contribution >= 4 is 29.5 Å². The van der Waals surface area contributed by atoms with E-state index in [1.165, 1.54) is 11.1 Å². The fourth-order valence-corrected chi connectivity index (χ4v) is 4.20. The van der Waals surface area contributed by atoms with Gasteiger partial charge in [0.15, 0.2) is 6.61 Å². The molecule has 3 rings (SSSR count). The molecule has 170 valence electrons. The number of ether oxygens (including phenoxy) is 1. The molecule has 3 N–H and O–H groups in total. The Balaban J connectivity index is 1.52. The lowest BCUT2D eigenvalue weighted by molar-refractivity contribution is -0.124. The SMILES string of the molecule is NC(=O)CSc1ccccc1C(=O)OCC(=O)NCCC(c1ccccc1)c1ccccc1. The Morgan fingerprint density at radius 1 is 0.848 bits per heavy atom. The number of nitrogens with two attached hydrogens (primary N) is 1. The summed E-state index contributed by atoms with van der Waals surface area (Å²) in [6, 6.07) is 27.0. The van der Waals surface area contributed by atoms with Crippen molar-refractivity contribution in [2.24, 2.45) is 5.73 Å². The van der Waals surface area contributed by atoms with Gasteiger partial charge in [0, 0.05) is 17.4 Å². The number of rotatable bonds is 11. The maximum Gasteiger partial charge on any atom is 0.339 e. The van der Waals surface area contributed by atoms with E-state index in [-0.39, 0.29) is 24.2 Å². The highest BCUT2D eigenvalue weighted by atomic mass is 32.2. The number of carbonyl (C=O) groups is 3. The summed E-state index contributed by atoms with van der Waals surface area (Å²) in [5.74, 6) is -1.28. The third kappa shape index (κ3) is 7.50. The number of carbonyl (C=O) groups excluding carboxylic acids is 3. The first-order valence-electron chi connectivity index (χ1n) is 10.6. The van der Waals surface area contributed by atoms with Gasteiger partial charge in [-0.25, -0.2) is 4.79 Å². The molecule has 0 heterocycles. The summed E-state index contributed by atoms with van der Waals surface area (Å²) < 4.78 is 5.18. The normalized spacial score (nSPS) is 10.6. The fourth-order valence-electron chi connectivity index (χ4n) is 3.42. The van der Waals surface area contributed by atoms with Gasteiger partial charge in [0.2, 0.25) is 5.91 Å². The van der Waals surface area contributed by atoms with E-state index in [0.29, 0.717) is 23.4 Å². The minimum absolute atomic E-state index is 0.0504. The van der Waals surface area contributed by atoms with E-state index >= 15 is 0 Å². The number of benzene rings is 3. The van der Waals surface area contributed by atoms with Crippen molar-refractivity contribution in [2.75, 3.05) is 18.9 Å². The van der Waals surface area contributed by atoms with Crippen LogP contribution in [0.4, 0.5) is 0 Å². The van der Waals surface area contributed by atoms with Crippen molar-refractivity contribution in [2.45, 2.75) is 17.2 Å². The molecule has 0 atom stereocenters. The van der Waals surface area contributed by atoms with Crippen LogP contribution in [-0.2, 0) is 14.3 Å². The smallest absolute Gasteiger partial charge is 0.339 e. The second kappa shape index (κ2) is 12.5. The molecule has 0 bridgehead atoms. The zero-order chi connectivity index (χ0) is 23.5. The maximum atomic E-state index is 12.4. The molecule has 0 radical (unpaired) electrons. The summed E-state index contributed by atoms with van der Waals surface area (Å²) in [5.41, 5.74) is 7.82. The Morgan fingerprint density at radius 3 is 2.03 bits per heavy atom. The molecule has 0 saturated carbocycles. The lowest BCUT2D eigenvalue weighted by Crippen LogP contribution is -2.30. The number of esters is 1. The Hall–Kier alpha value is -3.58. The van der Waals surface area contributed by atoms with Gasteiger partial charge in [0.25, 0.3) is 5.91 Å². The third-order valence-corrected chi connectivity index (χ3v) is 6.07.